The zero-order valence-corrected chi connectivity index (χ0v) is 19.1. The second kappa shape index (κ2) is 9.63. The molecule has 8 heteroatoms. The maximum Gasteiger partial charge on any atom is 0.225 e. The molecule has 2 aromatic rings. The second-order valence-corrected chi connectivity index (χ2v) is 8.81. The second-order valence-electron chi connectivity index (χ2n) is 8.81. The molecule has 4 rings (SSSR count). The van der Waals surface area contributed by atoms with E-state index in [4.69, 9.17) is 4.98 Å². The molecule has 3 heterocycles. The number of anilines is 1. The third-order valence-electron chi connectivity index (χ3n) is 6.16. The van der Waals surface area contributed by atoms with Gasteiger partial charge in [0.2, 0.25) is 11.9 Å². The highest BCUT2D eigenvalue weighted by Gasteiger charge is 2.29. The van der Waals surface area contributed by atoms with Gasteiger partial charge in [0.25, 0.3) is 0 Å². The largest absolute Gasteiger partial charge is 0.347 e. The first-order valence-corrected chi connectivity index (χ1v) is 11.3. The summed E-state index contributed by atoms with van der Waals surface area (Å²) < 4.78 is 14.6. The quantitative estimate of drug-likeness (QED) is 0.690. The van der Waals surface area contributed by atoms with Gasteiger partial charge in [-0.25, -0.2) is 14.4 Å². The van der Waals surface area contributed by atoms with Crippen LogP contribution in [-0.4, -0.2) is 71.8 Å². The molecule has 1 saturated heterocycles. The fourth-order valence-corrected chi connectivity index (χ4v) is 4.40. The van der Waals surface area contributed by atoms with Gasteiger partial charge in [-0.1, -0.05) is 18.2 Å². The first-order valence-electron chi connectivity index (χ1n) is 11.3. The lowest BCUT2D eigenvalue weighted by Gasteiger charge is -2.34. The summed E-state index contributed by atoms with van der Waals surface area (Å²) in [4.78, 5) is 26.0. The number of carbonyl (C=O) groups excluding carboxylic acids is 1. The highest BCUT2D eigenvalue weighted by molar-refractivity contribution is 5.83. The molecule has 1 amide bonds. The summed E-state index contributed by atoms with van der Waals surface area (Å²) >= 11 is 0. The van der Waals surface area contributed by atoms with Crippen LogP contribution >= 0.6 is 0 Å². The van der Waals surface area contributed by atoms with E-state index in [2.05, 4.69) is 10.1 Å². The van der Waals surface area contributed by atoms with Crippen LogP contribution in [0.5, 0.6) is 0 Å². The van der Waals surface area contributed by atoms with Crippen molar-refractivity contribution in [3.63, 3.8) is 0 Å². The van der Waals surface area contributed by atoms with Gasteiger partial charge in [-0.15, -0.1) is 0 Å². The minimum atomic E-state index is -0.292. The van der Waals surface area contributed by atoms with Crippen molar-refractivity contribution in [3.05, 3.63) is 42.0 Å². The number of rotatable bonds is 6. The Kier molecular flexibility index (Phi) is 6.67. The Morgan fingerprint density at radius 3 is 2.75 bits per heavy atom. The fourth-order valence-electron chi connectivity index (χ4n) is 4.40. The number of hydrogen-bond donors (Lipinski definition) is 0. The molecule has 32 heavy (non-hydrogen) atoms. The van der Waals surface area contributed by atoms with E-state index < -0.39 is 0 Å². The number of halogens is 1. The van der Waals surface area contributed by atoms with E-state index in [9.17, 15) is 9.18 Å². The summed E-state index contributed by atoms with van der Waals surface area (Å²) in [7, 11) is 3.78. The summed E-state index contributed by atoms with van der Waals surface area (Å²) in [6.45, 7) is 4.90. The van der Waals surface area contributed by atoms with Crippen LogP contribution < -0.4 is 4.90 Å². The molecule has 0 unspecified atom stereocenters. The topological polar surface area (TPSA) is 64.9 Å². The van der Waals surface area contributed by atoms with E-state index >= 15 is 0 Å². The first kappa shape index (κ1) is 22.2. The van der Waals surface area contributed by atoms with Gasteiger partial charge in [0.15, 0.2) is 0 Å². The van der Waals surface area contributed by atoms with Crippen LogP contribution in [0.25, 0.3) is 11.1 Å². The van der Waals surface area contributed by atoms with Crippen molar-refractivity contribution in [2.75, 3.05) is 45.2 Å². The fraction of sp³-hybridized carbons (Fsp3) is 0.500. The number of carbonyl (C=O) groups is 1. The highest BCUT2D eigenvalue weighted by atomic mass is 19.1. The van der Waals surface area contributed by atoms with Crippen LogP contribution in [0.2, 0.25) is 0 Å². The van der Waals surface area contributed by atoms with Gasteiger partial charge in [0.05, 0.1) is 5.69 Å². The number of hydrogen-bond acceptors (Lipinski definition) is 6. The number of piperidine rings is 1. The minimum absolute atomic E-state index is 0.0380. The maximum absolute atomic E-state index is 14.6. The van der Waals surface area contributed by atoms with Gasteiger partial charge in [0, 0.05) is 82.1 Å². The Bertz CT molecular complexity index is 1010. The smallest absolute Gasteiger partial charge is 0.225 e. The van der Waals surface area contributed by atoms with Gasteiger partial charge >= 0.3 is 0 Å². The zero-order valence-electron chi connectivity index (χ0n) is 19.1. The van der Waals surface area contributed by atoms with E-state index in [0.29, 0.717) is 36.6 Å². The summed E-state index contributed by atoms with van der Waals surface area (Å²) in [5.41, 5.74) is 3.14. The average Bonchev–Trinajstić information content (AvgIpc) is 3.22. The molecule has 1 atom stereocenters. The summed E-state index contributed by atoms with van der Waals surface area (Å²) in [5, 5.41) is 6.45. The molecule has 0 N–H and O–H groups in total. The van der Waals surface area contributed by atoms with Crippen molar-refractivity contribution in [3.8, 4) is 11.1 Å². The highest BCUT2D eigenvalue weighted by Crippen LogP contribution is 2.35. The molecule has 2 aliphatic rings. The van der Waals surface area contributed by atoms with Gasteiger partial charge in [-0.3, -0.25) is 9.80 Å². The lowest BCUT2D eigenvalue weighted by molar-refractivity contribution is -0.132. The van der Waals surface area contributed by atoms with Crippen molar-refractivity contribution in [2.45, 2.75) is 38.5 Å². The minimum Gasteiger partial charge on any atom is -0.347 e. The molecule has 0 spiro atoms. The number of aromatic nitrogens is 2. The summed E-state index contributed by atoms with van der Waals surface area (Å²) in [6.07, 6.45) is 4.95. The standard InChI is InChI=1S/C24H31FN6O/c1-17-10-13-31(28-17)14-11-22(32)30-12-6-7-18(16-30)23-20(15-26-24(27-23)29(2)3)19-8-4-5-9-21(19)25/h4-5,8-9,15,18H,6-7,10-14,16H2,1-3H3/t18-/m1/s1. The SMILES string of the molecule is CC1=NN(CCC(=O)N2CCC[C@@H](c3nc(N(C)C)ncc3-c3ccccc3F)C2)CC1. The first-order chi connectivity index (χ1) is 15.4. The monoisotopic (exact) mass is 438 g/mol. The number of amides is 1. The van der Waals surface area contributed by atoms with Crippen molar-refractivity contribution in [2.24, 2.45) is 5.10 Å². The Morgan fingerprint density at radius 1 is 1.22 bits per heavy atom. The molecular weight excluding hydrogens is 407 g/mol. The van der Waals surface area contributed by atoms with Gasteiger partial charge in [0.1, 0.15) is 5.82 Å². The molecule has 0 bridgehead atoms. The lowest BCUT2D eigenvalue weighted by atomic mass is 9.89. The van der Waals surface area contributed by atoms with E-state index in [1.165, 1.54) is 6.07 Å². The number of nitrogens with zero attached hydrogens (tertiary/aromatic N) is 6. The van der Waals surface area contributed by atoms with E-state index in [1.54, 1.807) is 18.3 Å². The number of hydrazone groups is 1. The van der Waals surface area contributed by atoms with Crippen LogP contribution in [0, 0.1) is 5.82 Å². The normalized spacial score (nSPS) is 18.6. The molecule has 0 radical (unpaired) electrons. The molecule has 170 valence electrons. The predicted molar refractivity (Wildman–Crippen MR) is 124 cm³/mol. The zero-order chi connectivity index (χ0) is 22.7. The van der Waals surface area contributed by atoms with Crippen LogP contribution in [0.3, 0.4) is 0 Å². The molecule has 1 aromatic heterocycles. The molecule has 0 saturated carbocycles. The van der Waals surface area contributed by atoms with Gasteiger partial charge in [-0.2, -0.15) is 5.10 Å². The number of likely N-dealkylation sites (tertiary alicyclic amines) is 1. The van der Waals surface area contributed by atoms with Gasteiger partial charge < -0.3 is 9.80 Å². The molecule has 1 fully saturated rings. The van der Waals surface area contributed by atoms with Crippen molar-refractivity contribution >= 4 is 17.6 Å². The maximum atomic E-state index is 14.6. The van der Waals surface area contributed by atoms with Crippen LogP contribution in [0.15, 0.2) is 35.6 Å². The molecule has 1 aromatic carbocycles. The number of benzene rings is 1. The van der Waals surface area contributed by atoms with E-state index in [1.807, 2.05) is 41.9 Å². The van der Waals surface area contributed by atoms with Crippen LogP contribution in [0.1, 0.15) is 44.2 Å². The van der Waals surface area contributed by atoms with Crippen molar-refractivity contribution in [1.29, 1.82) is 0 Å². The van der Waals surface area contributed by atoms with Crippen molar-refractivity contribution < 1.29 is 9.18 Å². The lowest BCUT2D eigenvalue weighted by Crippen LogP contribution is -2.40. The van der Waals surface area contributed by atoms with Crippen molar-refractivity contribution in [1.82, 2.24) is 19.9 Å². The average molecular weight is 439 g/mol. The summed E-state index contributed by atoms with van der Waals surface area (Å²) in [5.74, 6) is 0.478. The summed E-state index contributed by atoms with van der Waals surface area (Å²) in [6, 6.07) is 6.72. The Labute approximate surface area is 188 Å². The van der Waals surface area contributed by atoms with E-state index in [0.717, 1.165) is 43.8 Å². The van der Waals surface area contributed by atoms with Crippen LogP contribution in [-0.2, 0) is 4.79 Å². The molecule has 2 aliphatic heterocycles. The molecular formula is C24H31FN6O. The Morgan fingerprint density at radius 2 is 2.03 bits per heavy atom. The van der Waals surface area contributed by atoms with Gasteiger partial charge in [-0.05, 0) is 25.8 Å². The third-order valence-corrected chi connectivity index (χ3v) is 6.16. The predicted octanol–water partition coefficient (Wildman–Crippen LogP) is 3.53. The van der Waals surface area contributed by atoms with Crippen LogP contribution in [0.4, 0.5) is 10.3 Å². The Hall–Kier alpha value is -3.03. The Balaban J connectivity index is 1.54. The molecule has 0 aliphatic carbocycles. The third kappa shape index (κ3) is 4.89. The van der Waals surface area contributed by atoms with E-state index in [-0.39, 0.29) is 17.6 Å². The molecule has 7 nitrogen and oxygen atoms in total.